The Hall–Kier alpha value is -2.76. The zero-order valence-electron chi connectivity index (χ0n) is 30.1. The van der Waals surface area contributed by atoms with Gasteiger partial charge in [0, 0.05) is 33.2 Å². The van der Waals surface area contributed by atoms with Crippen LogP contribution in [0, 0.1) is 0 Å². The Morgan fingerprint density at radius 2 is 2.22 bits per heavy atom. The third-order valence-electron chi connectivity index (χ3n) is 5.89. The zero-order chi connectivity index (χ0) is 34.5. The monoisotopic (exact) mass is 526 g/mol. The SMILES string of the molecule is [2H]C([2H])([2H])CCc1nn(C([2H])([2H])[2H])c2c(=O)[nH]c(-c3cc(S(=O)(=O)NC([2H])([2H])C([2H])([2H])C4CCCN4C)ccc3OCCC)nc12. The van der Waals surface area contributed by atoms with Gasteiger partial charge in [-0.3, -0.25) is 9.48 Å². The van der Waals surface area contributed by atoms with E-state index in [0.717, 1.165) is 12.1 Å². The summed E-state index contributed by atoms with van der Waals surface area (Å²) in [4.78, 5) is 21.3. The predicted octanol–water partition coefficient (Wildman–Crippen LogP) is 2.83. The Balaban J connectivity index is 1.85. The molecule has 2 N–H and O–H groups in total. The lowest BCUT2D eigenvalue weighted by Crippen LogP contribution is -2.31. The number of benzene rings is 1. The number of nitrogens with one attached hydrogen (secondary N) is 2. The van der Waals surface area contributed by atoms with Crippen LogP contribution >= 0.6 is 0 Å². The van der Waals surface area contributed by atoms with Crippen molar-refractivity contribution >= 4 is 21.1 Å². The summed E-state index contributed by atoms with van der Waals surface area (Å²) >= 11 is 0. The highest BCUT2D eigenvalue weighted by molar-refractivity contribution is 7.89. The van der Waals surface area contributed by atoms with Crippen molar-refractivity contribution in [2.24, 2.45) is 6.98 Å². The smallest absolute Gasteiger partial charge is 0.277 e. The van der Waals surface area contributed by atoms with E-state index < -0.39 is 58.7 Å². The van der Waals surface area contributed by atoms with Crippen molar-refractivity contribution in [2.45, 2.75) is 63.2 Å². The topological polar surface area (TPSA) is 122 Å². The molecule has 1 atom stereocenters. The third kappa shape index (κ3) is 5.47. The van der Waals surface area contributed by atoms with E-state index in [9.17, 15) is 13.2 Å². The number of H-pyrrole nitrogens is 1. The summed E-state index contributed by atoms with van der Waals surface area (Å²) < 4.78 is 115. The second kappa shape index (κ2) is 11.1. The summed E-state index contributed by atoms with van der Waals surface area (Å²) in [6.45, 7) is -5.77. The van der Waals surface area contributed by atoms with Gasteiger partial charge in [0.1, 0.15) is 17.1 Å². The highest BCUT2D eigenvalue weighted by atomic mass is 32.2. The second-order valence-electron chi connectivity index (χ2n) is 8.49. The molecule has 3 heterocycles. The van der Waals surface area contributed by atoms with Gasteiger partial charge in [-0.2, -0.15) is 5.10 Å². The molecule has 0 bridgehead atoms. The number of rotatable bonds is 11. The number of nitrogens with zero attached hydrogens (tertiary/aromatic N) is 4. The lowest BCUT2D eigenvalue weighted by Gasteiger charge is -2.19. The minimum Gasteiger partial charge on any atom is -0.493 e. The van der Waals surface area contributed by atoms with Crippen LogP contribution in [0.4, 0.5) is 0 Å². The third-order valence-corrected chi connectivity index (χ3v) is 7.13. The van der Waals surface area contributed by atoms with Crippen LogP contribution in [0.5, 0.6) is 5.75 Å². The average molecular weight is 527 g/mol. The minimum absolute atomic E-state index is 0.0576. The molecule has 3 aromatic rings. The van der Waals surface area contributed by atoms with Crippen molar-refractivity contribution in [1.82, 2.24) is 29.4 Å². The number of aromatic nitrogens is 4. The van der Waals surface area contributed by atoms with Gasteiger partial charge in [-0.25, -0.2) is 18.1 Å². The predicted molar refractivity (Wildman–Crippen MR) is 140 cm³/mol. The first-order valence-electron chi connectivity index (χ1n) is 16.6. The maximum atomic E-state index is 13.5. The van der Waals surface area contributed by atoms with Gasteiger partial charge >= 0.3 is 0 Å². The minimum atomic E-state index is -4.73. The molecule has 0 spiro atoms. The lowest BCUT2D eigenvalue weighted by molar-refractivity contribution is 0.297. The van der Waals surface area contributed by atoms with Crippen LogP contribution < -0.4 is 15.0 Å². The highest BCUT2D eigenvalue weighted by Crippen LogP contribution is 2.31. The van der Waals surface area contributed by atoms with Gasteiger partial charge in [-0.15, -0.1) is 0 Å². The van der Waals surface area contributed by atoms with Crippen LogP contribution in [0.15, 0.2) is 27.9 Å². The summed E-state index contributed by atoms with van der Waals surface area (Å²) in [7, 11) is -3.09. The first-order valence-corrected chi connectivity index (χ1v) is 13.1. The Kier molecular flexibility index (Phi) is 4.98. The van der Waals surface area contributed by atoms with E-state index in [-0.39, 0.29) is 47.8 Å². The Morgan fingerprint density at radius 3 is 2.94 bits per heavy atom. The molecule has 0 amide bonds. The molecule has 1 aliphatic rings. The summed E-state index contributed by atoms with van der Waals surface area (Å²) in [5, 5.41) is 3.99. The van der Waals surface area contributed by atoms with Crippen molar-refractivity contribution < 1.29 is 26.9 Å². The Labute approximate surface area is 226 Å². The standard InChI is InChI=1S/C25H36N6O4S/c1-5-8-20-22-23(31(4)29-20)25(32)28-24(27-22)19-16-18(10-11-21(19)35-15-6-2)36(33,34)26-13-12-17-9-7-14-30(17)3/h10-11,16-17,26H,5-9,12-15H2,1-4H3,(H,27,28,32)/i1D3,4D3,12D2,13D2. The van der Waals surface area contributed by atoms with Crippen LogP contribution in [-0.4, -0.2) is 65.8 Å². The van der Waals surface area contributed by atoms with E-state index in [2.05, 4.69) is 15.1 Å². The summed E-state index contributed by atoms with van der Waals surface area (Å²) in [6, 6.07) is 2.61. The van der Waals surface area contributed by atoms with Gasteiger partial charge in [0.05, 0.1) is 22.8 Å². The van der Waals surface area contributed by atoms with Crippen molar-refractivity contribution in [1.29, 1.82) is 0 Å². The van der Waals surface area contributed by atoms with Gasteiger partial charge in [-0.1, -0.05) is 20.2 Å². The fourth-order valence-corrected chi connectivity index (χ4v) is 4.86. The Bertz CT molecular complexity index is 1750. The Morgan fingerprint density at radius 1 is 1.36 bits per heavy atom. The van der Waals surface area contributed by atoms with E-state index in [1.165, 1.54) is 6.07 Å². The molecule has 2 aromatic heterocycles. The lowest BCUT2D eigenvalue weighted by atomic mass is 10.1. The normalized spacial score (nSPS) is 22.3. The molecule has 1 saturated heterocycles. The largest absolute Gasteiger partial charge is 0.493 e. The van der Waals surface area contributed by atoms with Crippen LogP contribution in [0.1, 0.15) is 65.2 Å². The molecule has 11 heteroatoms. The molecule has 4 rings (SSSR count). The molecule has 10 nitrogen and oxygen atoms in total. The number of ether oxygens (including phenoxy) is 1. The van der Waals surface area contributed by atoms with E-state index in [1.807, 2.05) is 11.6 Å². The summed E-state index contributed by atoms with van der Waals surface area (Å²) in [5.41, 5.74) is -1.70. The van der Waals surface area contributed by atoms with E-state index in [1.54, 1.807) is 11.9 Å². The molecular weight excluding hydrogens is 480 g/mol. The number of hydrogen-bond donors (Lipinski definition) is 2. The van der Waals surface area contributed by atoms with E-state index >= 15 is 0 Å². The molecule has 0 radical (unpaired) electrons. The van der Waals surface area contributed by atoms with Gasteiger partial charge in [0.25, 0.3) is 5.56 Å². The molecule has 196 valence electrons. The quantitative estimate of drug-likeness (QED) is 0.394. The number of likely N-dealkylation sites (tertiary alicyclic amines) is 1. The molecule has 1 unspecified atom stereocenters. The van der Waals surface area contributed by atoms with Crippen LogP contribution in [0.25, 0.3) is 22.4 Å². The number of aryl methyl sites for hydroxylation is 2. The molecule has 36 heavy (non-hydrogen) atoms. The highest BCUT2D eigenvalue weighted by Gasteiger charge is 2.23. The van der Waals surface area contributed by atoms with Gasteiger partial charge in [0.15, 0.2) is 5.52 Å². The number of hydrogen-bond acceptors (Lipinski definition) is 7. The van der Waals surface area contributed by atoms with E-state index in [4.69, 9.17) is 18.4 Å². The van der Waals surface area contributed by atoms with Gasteiger partial charge in [-0.05, 0) is 63.8 Å². The van der Waals surface area contributed by atoms with Crippen molar-refractivity contribution in [3.63, 3.8) is 0 Å². The molecule has 0 saturated carbocycles. The van der Waals surface area contributed by atoms with Crippen molar-refractivity contribution in [2.75, 3.05) is 26.7 Å². The molecular formula is C25H36N6O4S. The molecule has 1 fully saturated rings. The first kappa shape index (κ1) is 16.2. The number of fused-ring (bicyclic) bond motifs is 1. The maximum Gasteiger partial charge on any atom is 0.277 e. The van der Waals surface area contributed by atoms with E-state index in [0.29, 0.717) is 30.5 Å². The van der Waals surface area contributed by atoms with Gasteiger partial charge < -0.3 is 14.6 Å². The molecule has 1 aliphatic heterocycles. The van der Waals surface area contributed by atoms with Gasteiger partial charge in [0.2, 0.25) is 10.0 Å². The summed E-state index contributed by atoms with van der Waals surface area (Å²) in [6.07, 6.45) is -1.71. The van der Waals surface area contributed by atoms with Crippen molar-refractivity contribution in [3.8, 4) is 17.1 Å². The zero-order valence-corrected chi connectivity index (χ0v) is 20.9. The second-order valence-corrected chi connectivity index (χ2v) is 10.2. The summed E-state index contributed by atoms with van der Waals surface area (Å²) in [5.74, 6) is -0.159. The number of aromatic amines is 1. The fraction of sp³-hybridized carbons (Fsp3) is 0.560. The molecule has 0 aliphatic carbocycles. The van der Waals surface area contributed by atoms with Crippen LogP contribution in [0.2, 0.25) is 0 Å². The fourth-order valence-electron chi connectivity index (χ4n) is 4.03. The molecule has 1 aromatic carbocycles. The first-order chi connectivity index (χ1) is 21.1. The van der Waals surface area contributed by atoms with Crippen LogP contribution in [0.3, 0.4) is 0 Å². The maximum absolute atomic E-state index is 13.5. The van der Waals surface area contributed by atoms with Crippen molar-refractivity contribution in [3.05, 3.63) is 34.2 Å². The number of sulfonamides is 1. The average Bonchev–Trinajstić information content (AvgIpc) is 3.53. The van der Waals surface area contributed by atoms with Crippen LogP contribution in [-0.2, 0) is 23.4 Å².